The highest BCUT2D eigenvalue weighted by Gasteiger charge is 2.35. The minimum atomic E-state index is -0.858. The van der Waals surface area contributed by atoms with E-state index in [0.717, 1.165) is 24.3 Å². The summed E-state index contributed by atoms with van der Waals surface area (Å²) in [4.78, 5) is 23.6. The van der Waals surface area contributed by atoms with Gasteiger partial charge in [-0.1, -0.05) is 64.7 Å². The molecule has 0 aromatic heterocycles. The second-order valence-corrected chi connectivity index (χ2v) is 8.32. The minimum absolute atomic E-state index is 0.300. The molecule has 0 saturated carbocycles. The first-order valence-electron chi connectivity index (χ1n) is 10.1. The van der Waals surface area contributed by atoms with Crippen molar-refractivity contribution in [2.45, 2.75) is 84.0 Å². The number of carbonyl (C=O) groups excluding carboxylic acids is 1. The molecule has 25 heavy (non-hydrogen) atoms. The first-order chi connectivity index (χ1) is 12.2. The summed E-state index contributed by atoms with van der Waals surface area (Å²) in [6, 6.07) is 0. The van der Waals surface area contributed by atoms with E-state index in [0.29, 0.717) is 19.4 Å². The summed E-state index contributed by atoms with van der Waals surface area (Å²) in [5.41, 5.74) is 0. The van der Waals surface area contributed by atoms with Gasteiger partial charge in [0, 0.05) is 0 Å². The number of unbranched alkanes of at least 4 members (excludes halogenated alkanes) is 9. The van der Waals surface area contributed by atoms with Gasteiger partial charge in [-0.25, -0.2) is 0 Å². The molecule has 1 fully saturated rings. The summed E-state index contributed by atoms with van der Waals surface area (Å²) in [5.74, 6) is -0.527. The van der Waals surface area contributed by atoms with Gasteiger partial charge in [0.15, 0.2) is 0 Å². The quantitative estimate of drug-likeness (QED) is 0.351. The van der Waals surface area contributed by atoms with Crippen molar-refractivity contribution in [1.29, 1.82) is 0 Å². The Morgan fingerprint density at radius 3 is 1.96 bits per heavy atom. The molecule has 0 amide bonds. The zero-order valence-electron chi connectivity index (χ0n) is 15.8. The molecule has 1 heterocycles. The average molecular weight is 373 g/mol. The predicted molar refractivity (Wildman–Crippen MR) is 104 cm³/mol. The molecular weight excluding hydrogens is 336 g/mol. The first kappa shape index (κ1) is 22.3. The van der Waals surface area contributed by atoms with Gasteiger partial charge in [-0.2, -0.15) is 11.8 Å². The summed E-state index contributed by atoms with van der Waals surface area (Å²) in [6.07, 6.45) is 13.7. The zero-order valence-corrected chi connectivity index (χ0v) is 16.7. The molecule has 0 aliphatic carbocycles. The van der Waals surface area contributed by atoms with Gasteiger partial charge in [0.05, 0.1) is 18.4 Å². The summed E-state index contributed by atoms with van der Waals surface area (Å²) in [6.45, 7) is 2.68. The van der Waals surface area contributed by atoms with Crippen LogP contribution < -0.4 is 0 Å². The molecule has 146 valence electrons. The molecule has 0 spiro atoms. The normalized spacial score (nSPS) is 20.8. The second kappa shape index (κ2) is 14.5. The van der Waals surface area contributed by atoms with Crippen LogP contribution in [0.1, 0.15) is 84.0 Å². The van der Waals surface area contributed by atoms with E-state index in [1.54, 1.807) is 11.8 Å². The van der Waals surface area contributed by atoms with Gasteiger partial charge in [-0.3, -0.25) is 9.59 Å². The summed E-state index contributed by atoms with van der Waals surface area (Å²) in [7, 11) is 0. The fourth-order valence-electron chi connectivity index (χ4n) is 3.37. The van der Waals surface area contributed by atoms with Gasteiger partial charge in [0.25, 0.3) is 0 Å². The summed E-state index contributed by atoms with van der Waals surface area (Å²) < 4.78 is 5.38. The molecule has 2 unspecified atom stereocenters. The number of carboxylic acids is 1. The van der Waals surface area contributed by atoms with Crippen molar-refractivity contribution < 1.29 is 19.4 Å². The molecule has 1 rings (SSSR count). The van der Waals surface area contributed by atoms with Crippen LogP contribution in [0, 0.1) is 11.8 Å². The van der Waals surface area contributed by atoms with Crippen LogP contribution >= 0.6 is 11.8 Å². The number of thioether (sulfide) groups is 1. The van der Waals surface area contributed by atoms with Gasteiger partial charge in [0.2, 0.25) is 0 Å². The fourth-order valence-corrected chi connectivity index (χ4v) is 4.42. The molecule has 1 aliphatic heterocycles. The van der Waals surface area contributed by atoms with Crippen molar-refractivity contribution in [3.63, 3.8) is 0 Å². The maximum absolute atomic E-state index is 12.2. The molecule has 0 bridgehead atoms. The van der Waals surface area contributed by atoms with Crippen molar-refractivity contribution in [2.75, 3.05) is 18.1 Å². The zero-order chi connectivity index (χ0) is 18.3. The molecule has 5 heteroatoms. The van der Waals surface area contributed by atoms with Crippen LogP contribution in [0.15, 0.2) is 0 Å². The van der Waals surface area contributed by atoms with Crippen LogP contribution in [0.25, 0.3) is 0 Å². The third-order valence-electron chi connectivity index (χ3n) is 4.99. The Bertz CT molecular complexity index is 373. The minimum Gasteiger partial charge on any atom is -0.481 e. The SMILES string of the molecule is CCCCCCCCCCCCOC(=O)C1CCSCCC1C(=O)O. The Labute approximate surface area is 157 Å². The van der Waals surface area contributed by atoms with E-state index in [1.807, 2.05) is 0 Å². The molecular formula is C20H36O4S. The van der Waals surface area contributed by atoms with Crippen molar-refractivity contribution in [2.24, 2.45) is 11.8 Å². The molecule has 1 aliphatic rings. The predicted octanol–water partition coefficient (Wildman–Crippen LogP) is 5.29. The van der Waals surface area contributed by atoms with E-state index in [2.05, 4.69) is 6.92 Å². The lowest BCUT2D eigenvalue weighted by molar-refractivity contribution is -0.158. The third kappa shape index (κ3) is 10.1. The lowest BCUT2D eigenvalue weighted by Crippen LogP contribution is -2.31. The number of hydrogen-bond donors (Lipinski definition) is 1. The average Bonchev–Trinajstić information content (AvgIpc) is 2.85. The van der Waals surface area contributed by atoms with E-state index in [-0.39, 0.29) is 5.97 Å². The van der Waals surface area contributed by atoms with Crippen LogP contribution in [0.2, 0.25) is 0 Å². The number of ether oxygens (including phenoxy) is 1. The standard InChI is InChI=1S/C20H36O4S/c1-2-3-4-5-6-7-8-9-10-11-14-24-20(23)18-13-16-25-15-12-17(18)19(21)22/h17-18H,2-16H2,1H3,(H,21,22). The molecule has 0 aromatic rings. The lowest BCUT2D eigenvalue weighted by atomic mass is 9.88. The van der Waals surface area contributed by atoms with Crippen LogP contribution in [0.3, 0.4) is 0 Å². The van der Waals surface area contributed by atoms with E-state index in [9.17, 15) is 14.7 Å². The Morgan fingerprint density at radius 1 is 0.880 bits per heavy atom. The Balaban J connectivity index is 2.06. The molecule has 4 nitrogen and oxygen atoms in total. The Kier molecular flexibility index (Phi) is 12.9. The maximum atomic E-state index is 12.2. The third-order valence-corrected chi connectivity index (χ3v) is 6.04. The van der Waals surface area contributed by atoms with Gasteiger partial charge in [-0.05, 0) is 30.8 Å². The van der Waals surface area contributed by atoms with Crippen LogP contribution in [-0.2, 0) is 14.3 Å². The lowest BCUT2D eigenvalue weighted by Gasteiger charge is -2.19. The van der Waals surface area contributed by atoms with Crippen LogP contribution in [0.4, 0.5) is 0 Å². The van der Waals surface area contributed by atoms with E-state index < -0.39 is 17.8 Å². The molecule has 0 aromatic carbocycles. The topological polar surface area (TPSA) is 63.6 Å². The second-order valence-electron chi connectivity index (χ2n) is 7.09. The van der Waals surface area contributed by atoms with Crippen molar-refractivity contribution in [3.05, 3.63) is 0 Å². The van der Waals surface area contributed by atoms with Gasteiger partial charge in [-0.15, -0.1) is 0 Å². The number of carbonyl (C=O) groups is 2. The van der Waals surface area contributed by atoms with E-state index >= 15 is 0 Å². The van der Waals surface area contributed by atoms with E-state index in [4.69, 9.17) is 4.74 Å². The highest BCUT2D eigenvalue weighted by Crippen LogP contribution is 2.29. The molecule has 2 atom stereocenters. The monoisotopic (exact) mass is 372 g/mol. The largest absolute Gasteiger partial charge is 0.481 e. The number of esters is 1. The molecule has 0 radical (unpaired) electrons. The van der Waals surface area contributed by atoms with Crippen molar-refractivity contribution >= 4 is 23.7 Å². The van der Waals surface area contributed by atoms with E-state index in [1.165, 1.54) is 51.4 Å². The number of rotatable bonds is 13. The fraction of sp³-hybridized carbons (Fsp3) is 0.900. The summed E-state index contributed by atoms with van der Waals surface area (Å²) in [5, 5.41) is 9.33. The molecule has 1 N–H and O–H groups in total. The highest BCUT2D eigenvalue weighted by atomic mass is 32.2. The number of carboxylic acid groups (broad SMARTS) is 1. The van der Waals surface area contributed by atoms with Crippen LogP contribution in [0.5, 0.6) is 0 Å². The summed E-state index contributed by atoms with van der Waals surface area (Å²) >= 11 is 1.73. The maximum Gasteiger partial charge on any atom is 0.309 e. The van der Waals surface area contributed by atoms with Crippen LogP contribution in [-0.4, -0.2) is 35.2 Å². The Morgan fingerprint density at radius 2 is 1.40 bits per heavy atom. The first-order valence-corrected chi connectivity index (χ1v) is 11.3. The number of aliphatic carboxylic acids is 1. The van der Waals surface area contributed by atoms with Gasteiger partial charge in [0.1, 0.15) is 0 Å². The van der Waals surface area contributed by atoms with Crippen molar-refractivity contribution in [1.82, 2.24) is 0 Å². The smallest absolute Gasteiger partial charge is 0.309 e. The number of hydrogen-bond acceptors (Lipinski definition) is 4. The Hall–Kier alpha value is -0.710. The van der Waals surface area contributed by atoms with Gasteiger partial charge < -0.3 is 9.84 Å². The van der Waals surface area contributed by atoms with Gasteiger partial charge >= 0.3 is 11.9 Å². The highest BCUT2D eigenvalue weighted by molar-refractivity contribution is 7.99. The molecule has 1 saturated heterocycles. The van der Waals surface area contributed by atoms with Crippen molar-refractivity contribution in [3.8, 4) is 0 Å².